The lowest BCUT2D eigenvalue weighted by atomic mass is 10.00. The molecule has 0 saturated carbocycles. The number of carbonyl (C=O) groups excluding carboxylic acids is 1. The van der Waals surface area contributed by atoms with Crippen LogP contribution in [0.5, 0.6) is 0 Å². The first-order chi connectivity index (χ1) is 10.9. The molecule has 1 atom stereocenters. The molecule has 0 aliphatic carbocycles. The SMILES string of the molecule is CS(=O)(=O)c1ccc(CC2CNC(=O)N2C2CCNCC2)cc1. The van der Waals surface area contributed by atoms with Crippen LogP contribution in [0, 0.1) is 0 Å². The molecule has 6 nitrogen and oxygen atoms in total. The van der Waals surface area contributed by atoms with E-state index in [1.165, 1.54) is 6.26 Å². The molecule has 0 radical (unpaired) electrons. The van der Waals surface area contributed by atoms with E-state index in [9.17, 15) is 13.2 Å². The maximum Gasteiger partial charge on any atom is 0.318 e. The van der Waals surface area contributed by atoms with E-state index in [0.717, 1.165) is 37.9 Å². The zero-order valence-electron chi connectivity index (χ0n) is 13.3. The zero-order chi connectivity index (χ0) is 16.4. The van der Waals surface area contributed by atoms with Crippen molar-refractivity contribution in [3.8, 4) is 0 Å². The Morgan fingerprint density at radius 1 is 1.17 bits per heavy atom. The quantitative estimate of drug-likeness (QED) is 0.851. The largest absolute Gasteiger partial charge is 0.336 e. The first-order valence-corrected chi connectivity index (χ1v) is 9.90. The molecule has 0 bridgehead atoms. The van der Waals surface area contributed by atoms with Crippen LogP contribution < -0.4 is 10.6 Å². The predicted molar refractivity (Wildman–Crippen MR) is 88.2 cm³/mol. The van der Waals surface area contributed by atoms with Crippen LogP contribution in [-0.2, 0) is 16.3 Å². The third kappa shape index (κ3) is 3.67. The summed E-state index contributed by atoms with van der Waals surface area (Å²) >= 11 is 0. The molecule has 2 N–H and O–H groups in total. The van der Waals surface area contributed by atoms with E-state index in [1.54, 1.807) is 12.1 Å². The van der Waals surface area contributed by atoms with Crippen molar-refractivity contribution in [3.63, 3.8) is 0 Å². The first kappa shape index (κ1) is 16.3. The van der Waals surface area contributed by atoms with Crippen LogP contribution in [-0.4, -0.2) is 57.3 Å². The fraction of sp³-hybridized carbons (Fsp3) is 0.562. The second-order valence-electron chi connectivity index (χ2n) is 6.35. The Labute approximate surface area is 137 Å². The van der Waals surface area contributed by atoms with Gasteiger partial charge >= 0.3 is 6.03 Å². The molecule has 1 aromatic carbocycles. The van der Waals surface area contributed by atoms with Crippen molar-refractivity contribution in [2.24, 2.45) is 0 Å². The summed E-state index contributed by atoms with van der Waals surface area (Å²) in [5.41, 5.74) is 1.05. The maximum absolute atomic E-state index is 12.2. The monoisotopic (exact) mass is 337 g/mol. The Morgan fingerprint density at radius 3 is 2.43 bits per heavy atom. The predicted octanol–water partition coefficient (Wildman–Crippen LogP) is 0.778. The molecule has 23 heavy (non-hydrogen) atoms. The zero-order valence-corrected chi connectivity index (χ0v) is 14.1. The van der Waals surface area contributed by atoms with E-state index < -0.39 is 9.84 Å². The van der Waals surface area contributed by atoms with Crippen molar-refractivity contribution < 1.29 is 13.2 Å². The van der Waals surface area contributed by atoms with Crippen molar-refractivity contribution in [1.82, 2.24) is 15.5 Å². The van der Waals surface area contributed by atoms with Crippen molar-refractivity contribution in [1.29, 1.82) is 0 Å². The average molecular weight is 337 g/mol. The Kier molecular flexibility index (Phi) is 4.59. The minimum atomic E-state index is -3.17. The number of hydrogen-bond acceptors (Lipinski definition) is 4. The lowest BCUT2D eigenvalue weighted by Crippen LogP contribution is -2.48. The molecular weight excluding hydrogens is 314 g/mol. The number of hydrogen-bond donors (Lipinski definition) is 2. The van der Waals surface area contributed by atoms with E-state index in [0.29, 0.717) is 17.5 Å². The summed E-state index contributed by atoms with van der Waals surface area (Å²) in [6.07, 6.45) is 3.92. The second-order valence-corrected chi connectivity index (χ2v) is 8.36. The smallest absolute Gasteiger partial charge is 0.318 e. The van der Waals surface area contributed by atoms with Gasteiger partial charge in [0.2, 0.25) is 0 Å². The molecule has 1 unspecified atom stereocenters. The molecule has 0 spiro atoms. The number of rotatable bonds is 4. The lowest BCUT2D eigenvalue weighted by Gasteiger charge is -2.34. The summed E-state index contributed by atoms with van der Waals surface area (Å²) in [5.74, 6) is 0. The number of carbonyl (C=O) groups is 1. The Bertz CT molecular complexity index is 666. The van der Waals surface area contributed by atoms with E-state index in [4.69, 9.17) is 0 Å². The molecule has 2 amide bonds. The van der Waals surface area contributed by atoms with Gasteiger partial charge in [-0.3, -0.25) is 0 Å². The number of nitrogens with zero attached hydrogens (tertiary/aromatic N) is 1. The van der Waals surface area contributed by atoms with Gasteiger partial charge < -0.3 is 15.5 Å². The summed E-state index contributed by atoms with van der Waals surface area (Å²) in [7, 11) is -3.17. The molecule has 2 fully saturated rings. The van der Waals surface area contributed by atoms with Crippen LogP contribution >= 0.6 is 0 Å². The molecule has 126 valence electrons. The standard InChI is InChI=1S/C16H23N3O3S/c1-23(21,22)15-4-2-12(3-5-15)10-14-11-18-16(20)19(14)13-6-8-17-9-7-13/h2-5,13-14,17H,6-11H2,1H3,(H,18,20). The summed E-state index contributed by atoms with van der Waals surface area (Å²) in [6, 6.07) is 7.43. The lowest BCUT2D eigenvalue weighted by molar-refractivity contribution is 0.156. The first-order valence-electron chi connectivity index (χ1n) is 8.01. The molecule has 0 aromatic heterocycles. The van der Waals surface area contributed by atoms with Gasteiger partial charge in [-0.05, 0) is 50.0 Å². The van der Waals surface area contributed by atoms with Crippen LogP contribution in [0.15, 0.2) is 29.2 Å². The van der Waals surface area contributed by atoms with Gasteiger partial charge in [0.1, 0.15) is 0 Å². The Hall–Kier alpha value is -1.60. The van der Waals surface area contributed by atoms with Gasteiger partial charge in [-0.1, -0.05) is 12.1 Å². The summed E-state index contributed by atoms with van der Waals surface area (Å²) in [5, 5.41) is 6.27. The maximum atomic E-state index is 12.2. The van der Waals surface area contributed by atoms with Crippen molar-refractivity contribution in [3.05, 3.63) is 29.8 Å². The van der Waals surface area contributed by atoms with Gasteiger partial charge in [0, 0.05) is 18.8 Å². The summed E-state index contributed by atoms with van der Waals surface area (Å²) in [6.45, 7) is 2.55. The Balaban J connectivity index is 1.72. The van der Waals surface area contributed by atoms with Gasteiger partial charge in [0.15, 0.2) is 9.84 Å². The van der Waals surface area contributed by atoms with Gasteiger partial charge in [0.05, 0.1) is 10.9 Å². The molecular formula is C16H23N3O3S. The highest BCUT2D eigenvalue weighted by atomic mass is 32.2. The fourth-order valence-electron chi connectivity index (χ4n) is 3.42. The van der Waals surface area contributed by atoms with Crippen molar-refractivity contribution in [2.45, 2.75) is 36.2 Å². The van der Waals surface area contributed by atoms with Gasteiger partial charge in [0.25, 0.3) is 0 Å². The number of benzene rings is 1. The molecule has 3 rings (SSSR count). The molecule has 2 heterocycles. The third-order valence-corrected chi connectivity index (χ3v) is 5.77. The van der Waals surface area contributed by atoms with Crippen LogP contribution in [0.3, 0.4) is 0 Å². The van der Waals surface area contributed by atoms with E-state index in [1.807, 2.05) is 17.0 Å². The van der Waals surface area contributed by atoms with E-state index >= 15 is 0 Å². The third-order valence-electron chi connectivity index (χ3n) is 4.64. The number of urea groups is 1. The van der Waals surface area contributed by atoms with Crippen LogP contribution in [0.4, 0.5) is 4.79 Å². The normalized spacial score (nSPS) is 23.1. The van der Waals surface area contributed by atoms with Gasteiger partial charge in [-0.25, -0.2) is 13.2 Å². The van der Waals surface area contributed by atoms with Crippen LogP contribution in [0.2, 0.25) is 0 Å². The summed E-state index contributed by atoms with van der Waals surface area (Å²) in [4.78, 5) is 14.5. The molecule has 2 saturated heterocycles. The van der Waals surface area contributed by atoms with Crippen molar-refractivity contribution in [2.75, 3.05) is 25.9 Å². The minimum absolute atomic E-state index is 0.0228. The highest BCUT2D eigenvalue weighted by molar-refractivity contribution is 7.90. The van der Waals surface area contributed by atoms with E-state index in [2.05, 4.69) is 10.6 Å². The van der Waals surface area contributed by atoms with Gasteiger partial charge in [-0.2, -0.15) is 0 Å². The number of nitrogens with one attached hydrogen (secondary N) is 2. The summed E-state index contributed by atoms with van der Waals surface area (Å²) < 4.78 is 23.0. The molecule has 2 aliphatic heterocycles. The average Bonchev–Trinajstić information content (AvgIpc) is 2.88. The second kappa shape index (κ2) is 6.49. The fourth-order valence-corrected chi connectivity index (χ4v) is 4.06. The van der Waals surface area contributed by atoms with Gasteiger partial charge in [-0.15, -0.1) is 0 Å². The topological polar surface area (TPSA) is 78.5 Å². The van der Waals surface area contributed by atoms with Crippen LogP contribution in [0.25, 0.3) is 0 Å². The van der Waals surface area contributed by atoms with Crippen LogP contribution in [0.1, 0.15) is 18.4 Å². The highest BCUT2D eigenvalue weighted by Gasteiger charge is 2.36. The number of sulfone groups is 1. The number of amides is 2. The molecule has 1 aromatic rings. The molecule has 2 aliphatic rings. The Morgan fingerprint density at radius 2 is 1.83 bits per heavy atom. The van der Waals surface area contributed by atoms with E-state index in [-0.39, 0.29) is 12.1 Å². The molecule has 7 heteroatoms. The highest BCUT2D eigenvalue weighted by Crippen LogP contribution is 2.22. The minimum Gasteiger partial charge on any atom is -0.336 e. The van der Waals surface area contributed by atoms with Crippen molar-refractivity contribution >= 4 is 15.9 Å². The number of piperidine rings is 1.